The quantitative estimate of drug-likeness (QED) is 0.589. The van der Waals surface area contributed by atoms with Crippen LogP contribution in [-0.2, 0) is 16.4 Å². The Morgan fingerprint density at radius 1 is 1.25 bits per heavy atom. The van der Waals surface area contributed by atoms with Gasteiger partial charge in [-0.2, -0.15) is 4.98 Å². The number of carbonyl (C=O) groups excluding carboxylic acids is 1. The molecular weight excluding hydrogens is 456 g/mol. The van der Waals surface area contributed by atoms with Crippen molar-refractivity contribution < 1.29 is 23.4 Å². The summed E-state index contributed by atoms with van der Waals surface area (Å²) in [4.78, 5) is 20.4. The van der Waals surface area contributed by atoms with Crippen LogP contribution in [0.3, 0.4) is 0 Å². The van der Waals surface area contributed by atoms with Crippen molar-refractivity contribution in [2.45, 2.75) is 56.3 Å². The van der Waals surface area contributed by atoms with Crippen molar-refractivity contribution in [2.24, 2.45) is 0 Å². The molecule has 1 aromatic heterocycles. The van der Waals surface area contributed by atoms with E-state index in [2.05, 4.69) is 4.98 Å². The molecule has 1 aliphatic carbocycles. The molecule has 0 spiro atoms. The van der Waals surface area contributed by atoms with Gasteiger partial charge in [-0.25, -0.2) is 8.42 Å². The van der Waals surface area contributed by atoms with E-state index in [9.17, 15) is 23.4 Å². The Bertz CT molecular complexity index is 1130. The highest BCUT2D eigenvalue weighted by Crippen LogP contribution is 2.39. The normalized spacial score (nSPS) is 19.9. The molecule has 1 aliphatic heterocycles. The minimum Gasteiger partial charge on any atom is -0.390 e. The van der Waals surface area contributed by atoms with Gasteiger partial charge in [0.1, 0.15) is 0 Å². The van der Waals surface area contributed by atoms with Crippen LogP contribution in [0.4, 0.5) is 5.82 Å². The maximum absolute atomic E-state index is 13.5. The van der Waals surface area contributed by atoms with Gasteiger partial charge in [-0.3, -0.25) is 9.69 Å². The first kappa shape index (κ1) is 23.0. The first-order valence-corrected chi connectivity index (χ1v) is 12.6. The molecule has 1 unspecified atom stereocenters. The molecule has 1 atom stereocenters. The van der Waals surface area contributed by atoms with E-state index < -0.39 is 27.7 Å². The maximum Gasteiger partial charge on any atom is 0.277 e. The number of hydrogen-bond donors (Lipinski definition) is 2. The number of carbonyl (C=O) groups is 1. The fraction of sp³-hybridized carbons (Fsp3) is 0.524. The Hall–Kier alpha value is -2.14. The van der Waals surface area contributed by atoms with Gasteiger partial charge in [-0.05, 0) is 43.4 Å². The summed E-state index contributed by atoms with van der Waals surface area (Å²) in [6.07, 6.45) is 0.765. The van der Waals surface area contributed by atoms with Crippen molar-refractivity contribution in [3.63, 3.8) is 0 Å². The number of nitrogens with zero attached hydrogens (tertiary/aromatic N) is 4. The first-order valence-electron chi connectivity index (χ1n) is 10.6. The maximum atomic E-state index is 13.5. The molecule has 2 aromatic rings. The van der Waals surface area contributed by atoms with Crippen LogP contribution in [0.25, 0.3) is 0 Å². The van der Waals surface area contributed by atoms with Crippen molar-refractivity contribution in [1.29, 1.82) is 0 Å². The number of fused-ring (bicyclic) bond motifs is 1. The predicted molar refractivity (Wildman–Crippen MR) is 119 cm³/mol. The molecule has 2 heterocycles. The fourth-order valence-electron chi connectivity index (χ4n) is 3.89. The number of aliphatic hydroxyl groups is 2. The van der Waals surface area contributed by atoms with Crippen LogP contribution in [0.2, 0.25) is 5.02 Å². The molecule has 1 saturated carbocycles. The standard InChI is InChI=1S/C21H27ClN4O5S/c1-3-12-32(30,31)19-23-17-16(26(19)13-14-4-6-15(22)7-5-14)18(27)25(20(28)24(17)2)11-10-21(29)8-9-21/h4-7,20,28-29H,3,8-13H2,1-2H3. The minimum absolute atomic E-state index is 0.102. The number of halogens is 1. The van der Waals surface area contributed by atoms with E-state index in [1.807, 2.05) is 0 Å². The Balaban J connectivity index is 1.79. The fourth-order valence-corrected chi connectivity index (χ4v) is 5.46. The first-order chi connectivity index (χ1) is 15.1. The van der Waals surface area contributed by atoms with Crippen LogP contribution in [0.5, 0.6) is 0 Å². The number of benzene rings is 1. The highest BCUT2D eigenvalue weighted by Gasteiger charge is 2.45. The average molecular weight is 483 g/mol. The number of rotatable bonds is 8. The topological polar surface area (TPSA) is 116 Å². The largest absolute Gasteiger partial charge is 0.390 e. The molecule has 32 heavy (non-hydrogen) atoms. The van der Waals surface area contributed by atoms with Gasteiger partial charge in [0.25, 0.3) is 5.91 Å². The lowest BCUT2D eigenvalue weighted by Gasteiger charge is -2.39. The number of hydrogen-bond acceptors (Lipinski definition) is 7. The summed E-state index contributed by atoms with van der Waals surface area (Å²) in [7, 11) is -2.20. The lowest BCUT2D eigenvalue weighted by atomic mass is 10.2. The highest BCUT2D eigenvalue weighted by molar-refractivity contribution is 7.91. The molecule has 0 saturated heterocycles. The average Bonchev–Trinajstić information content (AvgIpc) is 3.34. The van der Waals surface area contributed by atoms with Crippen LogP contribution in [-0.4, -0.2) is 70.3 Å². The van der Waals surface area contributed by atoms with Crippen LogP contribution in [0.1, 0.15) is 48.7 Å². The summed E-state index contributed by atoms with van der Waals surface area (Å²) in [5.41, 5.74) is 0.0612. The van der Waals surface area contributed by atoms with Crippen LogP contribution in [0.15, 0.2) is 29.4 Å². The van der Waals surface area contributed by atoms with E-state index >= 15 is 0 Å². The predicted octanol–water partition coefficient (Wildman–Crippen LogP) is 1.85. The number of anilines is 1. The number of aromatic nitrogens is 2. The summed E-state index contributed by atoms with van der Waals surface area (Å²) < 4.78 is 27.4. The third-order valence-electron chi connectivity index (χ3n) is 5.99. The van der Waals surface area contributed by atoms with Gasteiger partial charge in [-0.15, -0.1) is 0 Å². The van der Waals surface area contributed by atoms with Crippen molar-refractivity contribution in [1.82, 2.24) is 14.5 Å². The summed E-state index contributed by atoms with van der Waals surface area (Å²) in [5.74, 6) is -0.512. The molecule has 0 bridgehead atoms. The van der Waals surface area contributed by atoms with Crippen molar-refractivity contribution >= 4 is 33.2 Å². The molecule has 9 nitrogen and oxygen atoms in total. The van der Waals surface area contributed by atoms with Crippen molar-refractivity contribution in [3.8, 4) is 0 Å². The van der Waals surface area contributed by atoms with Crippen molar-refractivity contribution in [3.05, 3.63) is 40.5 Å². The zero-order chi connectivity index (χ0) is 23.3. The smallest absolute Gasteiger partial charge is 0.277 e. The van der Waals surface area contributed by atoms with Gasteiger partial charge in [0.15, 0.2) is 11.5 Å². The van der Waals surface area contributed by atoms with E-state index in [0.29, 0.717) is 30.7 Å². The highest BCUT2D eigenvalue weighted by atomic mass is 35.5. The van der Waals surface area contributed by atoms with Gasteiger partial charge in [-0.1, -0.05) is 30.7 Å². The second kappa shape index (κ2) is 8.33. The molecule has 1 amide bonds. The van der Waals surface area contributed by atoms with E-state index in [-0.39, 0.29) is 35.5 Å². The van der Waals surface area contributed by atoms with E-state index in [1.54, 1.807) is 38.2 Å². The van der Waals surface area contributed by atoms with Crippen LogP contribution in [0, 0.1) is 0 Å². The molecule has 174 valence electrons. The number of sulfone groups is 1. The SMILES string of the molecule is CCCS(=O)(=O)c1nc2c(n1Cc1ccc(Cl)cc1)C(=O)N(CCC1(O)CC1)C(O)N2C. The van der Waals surface area contributed by atoms with Gasteiger partial charge >= 0.3 is 0 Å². The van der Waals surface area contributed by atoms with E-state index in [1.165, 1.54) is 14.4 Å². The summed E-state index contributed by atoms with van der Waals surface area (Å²) in [5, 5.41) is 21.3. The third-order valence-corrected chi connectivity index (χ3v) is 8.05. The zero-order valence-electron chi connectivity index (χ0n) is 18.0. The van der Waals surface area contributed by atoms with Crippen LogP contribution >= 0.6 is 11.6 Å². The molecule has 11 heteroatoms. The molecule has 1 aromatic carbocycles. The molecule has 4 rings (SSSR count). The van der Waals surface area contributed by atoms with Gasteiger partial charge in [0.2, 0.25) is 21.3 Å². The summed E-state index contributed by atoms with van der Waals surface area (Å²) in [6, 6.07) is 6.91. The Morgan fingerprint density at radius 3 is 2.50 bits per heavy atom. The third kappa shape index (κ3) is 4.24. The van der Waals surface area contributed by atoms with E-state index in [4.69, 9.17) is 11.6 Å². The molecule has 1 fully saturated rings. The number of aliphatic hydroxyl groups excluding tert-OH is 1. The zero-order valence-corrected chi connectivity index (χ0v) is 19.6. The Kier molecular flexibility index (Phi) is 6.00. The Morgan fingerprint density at radius 2 is 1.91 bits per heavy atom. The molecule has 2 aliphatic rings. The Labute approximate surface area is 192 Å². The second-order valence-corrected chi connectivity index (χ2v) is 11.0. The second-order valence-electron chi connectivity index (χ2n) is 8.53. The van der Waals surface area contributed by atoms with Gasteiger partial charge in [0.05, 0.1) is 17.9 Å². The molecular formula is C21H27ClN4O5S. The van der Waals surface area contributed by atoms with Crippen molar-refractivity contribution in [2.75, 3.05) is 24.2 Å². The van der Waals surface area contributed by atoms with Crippen LogP contribution < -0.4 is 4.90 Å². The number of amides is 1. The summed E-state index contributed by atoms with van der Waals surface area (Å²) >= 11 is 5.98. The molecule has 0 radical (unpaired) electrons. The van der Waals surface area contributed by atoms with Gasteiger partial charge in [0, 0.05) is 18.6 Å². The summed E-state index contributed by atoms with van der Waals surface area (Å²) in [6.45, 7) is 2.00. The minimum atomic E-state index is -3.76. The van der Waals surface area contributed by atoms with E-state index in [0.717, 1.165) is 5.56 Å². The number of imidazole rings is 1. The van der Waals surface area contributed by atoms with Gasteiger partial charge < -0.3 is 19.7 Å². The monoisotopic (exact) mass is 482 g/mol. The lowest BCUT2D eigenvalue weighted by Crippen LogP contribution is -2.55. The molecule has 2 N–H and O–H groups in total. The lowest BCUT2D eigenvalue weighted by molar-refractivity contribution is -0.00406.